The first kappa shape index (κ1) is 21.6. The fourth-order valence-corrected chi connectivity index (χ4v) is 2.17. The second-order valence-electron chi connectivity index (χ2n) is 5.74. The Hall–Kier alpha value is -3.67. The third-order valence-electron chi connectivity index (χ3n) is 3.38. The summed E-state index contributed by atoms with van der Waals surface area (Å²) in [6.07, 6.45) is -4.48. The van der Waals surface area contributed by atoms with Crippen LogP contribution >= 0.6 is 0 Å². The van der Waals surface area contributed by atoms with E-state index in [4.69, 9.17) is 4.74 Å². The Morgan fingerprint density at radius 2 is 1.69 bits per heavy atom. The smallest absolute Gasteiger partial charge is 0.416 e. The molecule has 152 valence electrons. The Bertz CT molecular complexity index is 934. The molecule has 0 aliphatic carbocycles. The van der Waals surface area contributed by atoms with Crippen LogP contribution in [-0.2, 0) is 11.0 Å². The maximum absolute atomic E-state index is 12.6. The van der Waals surface area contributed by atoms with Crippen molar-refractivity contribution in [3.05, 3.63) is 54.1 Å². The molecule has 0 aromatic heterocycles. The van der Waals surface area contributed by atoms with Crippen molar-refractivity contribution in [1.29, 1.82) is 0 Å². The van der Waals surface area contributed by atoms with Crippen LogP contribution in [0.1, 0.15) is 12.5 Å². The van der Waals surface area contributed by atoms with Crippen molar-refractivity contribution in [1.82, 2.24) is 5.32 Å². The minimum Gasteiger partial charge on any atom is -0.481 e. The average Bonchev–Trinajstić information content (AvgIpc) is 2.64. The van der Waals surface area contributed by atoms with Crippen molar-refractivity contribution in [2.45, 2.75) is 13.1 Å². The number of nitrogens with one attached hydrogen (secondary N) is 3. The molecule has 3 amide bonds. The van der Waals surface area contributed by atoms with E-state index in [9.17, 15) is 22.8 Å². The molecule has 0 heterocycles. The molecule has 0 bridgehead atoms. The lowest BCUT2D eigenvalue weighted by Crippen LogP contribution is -2.29. The molecule has 0 aliphatic rings. The Labute approximate surface area is 165 Å². The zero-order valence-corrected chi connectivity index (χ0v) is 15.4. The second-order valence-corrected chi connectivity index (χ2v) is 5.74. The molecule has 2 aromatic rings. The van der Waals surface area contributed by atoms with Gasteiger partial charge in [0.15, 0.2) is 0 Å². The van der Waals surface area contributed by atoms with E-state index < -0.39 is 17.8 Å². The zero-order valence-electron chi connectivity index (χ0n) is 15.4. The van der Waals surface area contributed by atoms with Crippen LogP contribution in [0.5, 0.6) is 5.75 Å². The third-order valence-corrected chi connectivity index (χ3v) is 3.38. The quantitative estimate of drug-likeness (QED) is 0.661. The van der Waals surface area contributed by atoms with Crippen molar-refractivity contribution >= 4 is 23.3 Å². The van der Waals surface area contributed by atoms with E-state index in [1.807, 2.05) is 0 Å². The molecule has 0 atom stereocenters. The molecular weight excluding hydrogens is 387 g/mol. The van der Waals surface area contributed by atoms with E-state index in [2.05, 4.69) is 27.8 Å². The van der Waals surface area contributed by atoms with Gasteiger partial charge in [-0.05, 0) is 30.3 Å². The van der Waals surface area contributed by atoms with Gasteiger partial charge in [0.2, 0.25) is 5.91 Å². The summed E-state index contributed by atoms with van der Waals surface area (Å²) < 4.78 is 43.4. The molecule has 0 saturated carbocycles. The number of halogens is 3. The summed E-state index contributed by atoms with van der Waals surface area (Å²) in [7, 11) is 0. The van der Waals surface area contributed by atoms with Crippen LogP contribution in [0.15, 0.2) is 48.5 Å². The highest BCUT2D eigenvalue weighted by molar-refractivity contribution is 5.89. The Morgan fingerprint density at radius 3 is 2.38 bits per heavy atom. The van der Waals surface area contributed by atoms with E-state index in [1.165, 1.54) is 19.1 Å². The normalized spacial score (nSPS) is 10.3. The lowest BCUT2D eigenvalue weighted by Gasteiger charge is -2.09. The number of anilines is 2. The number of hydrogen-bond donors (Lipinski definition) is 3. The Kier molecular flexibility index (Phi) is 7.48. The molecule has 29 heavy (non-hydrogen) atoms. The van der Waals surface area contributed by atoms with Crippen LogP contribution in [0, 0.1) is 11.8 Å². The minimum atomic E-state index is -4.48. The summed E-state index contributed by atoms with van der Waals surface area (Å²) in [5.41, 5.74) is -0.238. The third kappa shape index (κ3) is 7.84. The number of amides is 3. The van der Waals surface area contributed by atoms with E-state index >= 15 is 0 Å². The molecule has 9 heteroatoms. The fraction of sp³-hybridized carbons (Fsp3) is 0.200. The predicted molar refractivity (Wildman–Crippen MR) is 102 cm³/mol. The second kappa shape index (κ2) is 10.0. The van der Waals surface area contributed by atoms with Crippen molar-refractivity contribution in [3.63, 3.8) is 0 Å². The highest BCUT2D eigenvalue weighted by Crippen LogP contribution is 2.30. The fourth-order valence-electron chi connectivity index (χ4n) is 2.17. The summed E-state index contributed by atoms with van der Waals surface area (Å²) in [5.74, 6) is 5.67. The van der Waals surface area contributed by atoms with Gasteiger partial charge in [-0.15, -0.1) is 0 Å². The highest BCUT2D eigenvalue weighted by Gasteiger charge is 2.30. The number of carbonyl (C=O) groups is 2. The van der Waals surface area contributed by atoms with Crippen molar-refractivity contribution < 1.29 is 27.5 Å². The zero-order chi connectivity index (χ0) is 21.3. The molecule has 0 radical (unpaired) electrons. The van der Waals surface area contributed by atoms with Crippen molar-refractivity contribution in [2.24, 2.45) is 0 Å². The SMILES string of the molecule is CC(=O)Nc1cccc(OCC#CCNC(=O)Nc2cccc(C(F)(F)F)c2)c1. The minimum absolute atomic E-state index is 0.0138. The topological polar surface area (TPSA) is 79.5 Å². The number of alkyl halides is 3. The first-order chi connectivity index (χ1) is 13.7. The van der Waals surface area contributed by atoms with Crippen LogP contribution in [0.25, 0.3) is 0 Å². The van der Waals surface area contributed by atoms with Gasteiger partial charge in [-0.1, -0.05) is 24.0 Å². The number of carbonyl (C=O) groups excluding carboxylic acids is 2. The lowest BCUT2D eigenvalue weighted by atomic mass is 10.2. The predicted octanol–water partition coefficient (Wildman–Crippen LogP) is 3.87. The molecule has 6 nitrogen and oxygen atoms in total. The van der Waals surface area contributed by atoms with Crippen LogP contribution in [0.4, 0.5) is 29.3 Å². The van der Waals surface area contributed by atoms with Crippen molar-refractivity contribution in [2.75, 3.05) is 23.8 Å². The van der Waals surface area contributed by atoms with Gasteiger partial charge in [-0.3, -0.25) is 4.79 Å². The summed E-state index contributed by atoms with van der Waals surface area (Å²) in [6.45, 7) is 1.44. The molecule has 0 aliphatic heterocycles. The van der Waals surface area contributed by atoms with Gasteiger partial charge in [0, 0.05) is 24.4 Å². The molecule has 0 saturated heterocycles. The number of ether oxygens (including phenoxy) is 1. The van der Waals surface area contributed by atoms with Gasteiger partial charge >= 0.3 is 12.2 Å². The van der Waals surface area contributed by atoms with Gasteiger partial charge in [0.1, 0.15) is 12.4 Å². The van der Waals surface area contributed by atoms with Gasteiger partial charge < -0.3 is 20.7 Å². The highest BCUT2D eigenvalue weighted by atomic mass is 19.4. The molecule has 0 spiro atoms. The first-order valence-corrected chi connectivity index (χ1v) is 8.42. The van der Waals surface area contributed by atoms with Crippen LogP contribution in [-0.4, -0.2) is 25.1 Å². The number of benzene rings is 2. The molecule has 3 N–H and O–H groups in total. The maximum atomic E-state index is 12.6. The van der Waals surface area contributed by atoms with E-state index in [0.29, 0.717) is 11.4 Å². The summed E-state index contributed by atoms with van der Waals surface area (Å²) in [5, 5.41) is 7.35. The standard InChI is InChI=1S/C20H18F3N3O3/c1-14(27)25-17-8-5-9-18(13-17)29-11-3-2-10-24-19(28)26-16-7-4-6-15(12-16)20(21,22)23/h4-9,12-13H,10-11H2,1H3,(H,25,27)(H2,24,26,28). The lowest BCUT2D eigenvalue weighted by molar-refractivity contribution is -0.137. The summed E-state index contributed by atoms with van der Waals surface area (Å²) >= 11 is 0. The molecule has 0 fully saturated rings. The van der Waals surface area contributed by atoms with Gasteiger partial charge in [-0.2, -0.15) is 13.2 Å². The number of urea groups is 1. The summed E-state index contributed by atoms with van der Waals surface area (Å²) in [6, 6.07) is 10.4. The first-order valence-electron chi connectivity index (χ1n) is 8.42. The van der Waals surface area contributed by atoms with Gasteiger partial charge in [0.25, 0.3) is 0 Å². The van der Waals surface area contributed by atoms with E-state index in [-0.39, 0.29) is 24.7 Å². The molecule has 2 rings (SSSR count). The Balaban J connectivity index is 1.75. The van der Waals surface area contributed by atoms with Crippen molar-refractivity contribution in [3.8, 4) is 17.6 Å². The van der Waals surface area contributed by atoms with Gasteiger partial charge in [-0.25, -0.2) is 4.79 Å². The van der Waals surface area contributed by atoms with Gasteiger partial charge in [0.05, 0.1) is 12.1 Å². The molecule has 2 aromatic carbocycles. The monoisotopic (exact) mass is 405 g/mol. The molecular formula is C20H18F3N3O3. The van der Waals surface area contributed by atoms with E-state index in [1.54, 1.807) is 24.3 Å². The van der Waals surface area contributed by atoms with Crippen LogP contribution in [0.3, 0.4) is 0 Å². The number of hydrogen-bond acceptors (Lipinski definition) is 3. The van der Waals surface area contributed by atoms with E-state index in [0.717, 1.165) is 12.1 Å². The summed E-state index contributed by atoms with van der Waals surface area (Å²) in [4.78, 5) is 22.7. The Morgan fingerprint density at radius 1 is 1.00 bits per heavy atom. The largest absolute Gasteiger partial charge is 0.481 e. The average molecular weight is 405 g/mol. The maximum Gasteiger partial charge on any atom is 0.416 e. The number of rotatable bonds is 5. The van der Waals surface area contributed by atoms with Crippen LogP contribution < -0.4 is 20.7 Å². The van der Waals surface area contributed by atoms with Crippen LogP contribution in [0.2, 0.25) is 0 Å². The molecule has 0 unspecified atom stereocenters.